The molecule has 90 heavy (non-hydrogen) atoms. The number of nitrogens with zero attached hydrogens (tertiary/aromatic N) is 2. The number of carbonyl (C=O) groups excluding carboxylic acids is 4. The first-order valence-electron chi connectivity index (χ1n) is 29.2. The highest BCUT2D eigenvalue weighted by Crippen LogP contribution is 2.30. The quantitative estimate of drug-likeness (QED) is 0.0306. The maximum atomic E-state index is 13.6. The van der Waals surface area contributed by atoms with Gasteiger partial charge in [0, 0.05) is 18.4 Å². The van der Waals surface area contributed by atoms with Crippen molar-refractivity contribution in [2.75, 3.05) is 39.6 Å². The predicted molar refractivity (Wildman–Crippen MR) is 342 cm³/mol. The van der Waals surface area contributed by atoms with E-state index in [9.17, 15) is 19.2 Å². The zero-order valence-electron chi connectivity index (χ0n) is 49.2. The molecule has 0 heterocycles. The summed E-state index contributed by atoms with van der Waals surface area (Å²) in [6.07, 6.45) is 0.781. The van der Waals surface area contributed by atoms with Crippen molar-refractivity contribution < 1.29 is 52.3 Å². The highest BCUT2D eigenvalue weighted by Gasteiger charge is 2.18. The van der Waals surface area contributed by atoms with Crippen molar-refractivity contribution >= 4 is 23.8 Å². The molecule has 14 heteroatoms. The van der Waals surface area contributed by atoms with Gasteiger partial charge in [-0.1, -0.05) is 127 Å². The summed E-state index contributed by atoms with van der Waals surface area (Å²) in [4.78, 5) is 53.0. The van der Waals surface area contributed by atoms with E-state index in [1.165, 1.54) is 18.2 Å². The van der Waals surface area contributed by atoms with Crippen molar-refractivity contribution in [3.63, 3.8) is 0 Å². The molecule has 14 nitrogen and oxygen atoms in total. The molecular formula is C76H61N3O11. The lowest BCUT2D eigenvalue weighted by Crippen LogP contribution is -2.26. The number of amides is 1. The number of carbonyl (C=O) groups is 4. The van der Waals surface area contributed by atoms with Gasteiger partial charge in [0.1, 0.15) is 42.0 Å². The van der Waals surface area contributed by atoms with Crippen LogP contribution < -0.4 is 29.0 Å². The molecule has 0 radical (unpaired) electrons. The fourth-order valence-electron chi connectivity index (χ4n) is 9.54. The summed E-state index contributed by atoms with van der Waals surface area (Å²) in [6, 6.07) is 77.6. The van der Waals surface area contributed by atoms with Crippen LogP contribution in [0.1, 0.15) is 83.9 Å². The predicted octanol–water partition coefficient (Wildman–Crippen LogP) is 15.5. The first-order chi connectivity index (χ1) is 44.0. The summed E-state index contributed by atoms with van der Waals surface area (Å²) >= 11 is 0. The molecule has 0 aromatic heterocycles. The third kappa shape index (κ3) is 17.0. The first kappa shape index (κ1) is 61.4. The lowest BCUT2D eigenvalue weighted by molar-refractivity contribution is 0.0482. The van der Waals surface area contributed by atoms with Crippen molar-refractivity contribution in [3.8, 4) is 85.4 Å². The molecule has 0 bridgehead atoms. The van der Waals surface area contributed by atoms with Crippen LogP contribution in [-0.4, -0.2) is 63.5 Å². The number of esters is 3. The number of rotatable bonds is 26. The molecule has 0 unspecified atom stereocenters. The Kier molecular flexibility index (Phi) is 20.8. The fourth-order valence-corrected chi connectivity index (χ4v) is 9.54. The third-order valence-electron chi connectivity index (χ3n) is 14.5. The van der Waals surface area contributed by atoms with Crippen LogP contribution in [0.4, 0.5) is 0 Å². The Hall–Kier alpha value is -11.7. The SMILES string of the molecule is C[C@H](NC(=O)c1ccc(OC(=O)c2ccc(OCCOc3cc(C(=O)OCCCOc4ccc(-c5ccc(-c6ccc(C#N)cc6)cc5)cc4)cc(C(=O)OCCCOc4ccc(-c5ccc(-c6ccc(C#N)cc6)cc5)cc4)c3)cc2)cc1)c1ccccc1. The number of hydrogen-bond donors (Lipinski definition) is 1. The first-order valence-corrected chi connectivity index (χ1v) is 29.2. The molecule has 0 aliphatic rings. The lowest BCUT2D eigenvalue weighted by Gasteiger charge is -2.14. The van der Waals surface area contributed by atoms with Gasteiger partial charge in [-0.05, 0) is 172 Å². The van der Waals surface area contributed by atoms with Gasteiger partial charge in [0.2, 0.25) is 0 Å². The van der Waals surface area contributed by atoms with Crippen molar-refractivity contribution in [2.45, 2.75) is 25.8 Å². The maximum absolute atomic E-state index is 13.6. The van der Waals surface area contributed by atoms with Crippen molar-refractivity contribution in [1.29, 1.82) is 10.5 Å². The molecule has 1 N–H and O–H groups in total. The summed E-state index contributed by atoms with van der Waals surface area (Å²) in [5.41, 5.74) is 11.3. The average molecular weight is 1190 g/mol. The van der Waals surface area contributed by atoms with Crippen LogP contribution in [0.15, 0.2) is 243 Å². The second-order valence-corrected chi connectivity index (χ2v) is 20.7. The minimum atomic E-state index is -0.674. The molecule has 10 aromatic rings. The van der Waals surface area contributed by atoms with Crippen LogP contribution >= 0.6 is 0 Å². The monoisotopic (exact) mass is 1190 g/mol. The summed E-state index contributed by atoms with van der Waals surface area (Å²) in [7, 11) is 0. The van der Waals surface area contributed by atoms with Gasteiger partial charge in [-0.25, -0.2) is 14.4 Å². The summed E-state index contributed by atoms with van der Waals surface area (Å²) in [6.45, 7) is 2.62. The van der Waals surface area contributed by atoms with Crippen LogP contribution in [0.2, 0.25) is 0 Å². The van der Waals surface area contributed by atoms with Crippen LogP contribution in [0, 0.1) is 22.7 Å². The van der Waals surface area contributed by atoms with Gasteiger partial charge in [-0.15, -0.1) is 0 Å². The molecular weight excluding hydrogens is 1130 g/mol. The Morgan fingerprint density at radius 3 is 1.11 bits per heavy atom. The third-order valence-corrected chi connectivity index (χ3v) is 14.5. The Morgan fingerprint density at radius 1 is 0.356 bits per heavy atom. The average Bonchev–Trinajstić information content (AvgIpc) is 3.12. The normalized spacial score (nSPS) is 11.0. The van der Waals surface area contributed by atoms with E-state index in [0.29, 0.717) is 46.8 Å². The highest BCUT2D eigenvalue weighted by molar-refractivity contribution is 5.97. The molecule has 446 valence electrons. The van der Waals surface area contributed by atoms with E-state index in [1.807, 2.05) is 134 Å². The van der Waals surface area contributed by atoms with E-state index in [2.05, 4.69) is 41.7 Å². The number of nitrogens with one attached hydrogen (secondary N) is 1. The van der Waals surface area contributed by atoms with Gasteiger partial charge < -0.3 is 38.5 Å². The van der Waals surface area contributed by atoms with E-state index in [-0.39, 0.29) is 79.8 Å². The largest absolute Gasteiger partial charge is 0.493 e. The van der Waals surface area contributed by atoms with Gasteiger partial charge >= 0.3 is 17.9 Å². The molecule has 10 aromatic carbocycles. The van der Waals surface area contributed by atoms with Gasteiger partial charge in [0.15, 0.2) is 0 Å². The minimum absolute atomic E-state index is 0.0188. The second-order valence-electron chi connectivity index (χ2n) is 20.7. The van der Waals surface area contributed by atoms with Gasteiger partial charge in [-0.2, -0.15) is 10.5 Å². The lowest BCUT2D eigenvalue weighted by atomic mass is 10.00. The van der Waals surface area contributed by atoms with Crippen molar-refractivity contribution in [3.05, 3.63) is 282 Å². The van der Waals surface area contributed by atoms with Crippen LogP contribution in [0.5, 0.6) is 28.7 Å². The summed E-state index contributed by atoms with van der Waals surface area (Å²) < 4.78 is 40.7. The number of benzene rings is 10. The molecule has 1 amide bonds. The zero-order valence-corrected chi connectivity index (χ0v) is 49.2. The molecule has 0 saturated heterocycles. The second kappa shape index (κ2) is 30.6. The van der Waals surface area contributed by atoms with Crippen LogP contribution in [0.25, 0.3) is 44.5 Å². The fraction of sp³-hybridized carbons (Fsp3) is 0.132. The highest BCUT2D eigenvalue weighted by atomic mass is 16.5. The molecule has 0 saturated carbocycles. The van der Waals surface area contributed by atoms with Gasteiger partial charge in [0.25, 0.3) is 5.91 Å². The van der Waals surface area contributed by atoms with Crippen molar-refractivity contribution in [2.24, 2.45) is 0 Å². The molecule has 0 spiro atoms. The van der Waals surface area contributed by atoms with Crippen LogP contribution in [0.3, 0.4) is 0 Å². The molecule has 0 fully saturated rings. The minimum Gasteiger partial charge on any atom is -0.493 e. The Labute approximate surface area is 522 Å². The maximum Gasteiger partial charge on any atom is 0.343 e. The number of ether oxygens (including phenoxy) is 7. The van der Waals surface area contributed by atoms with Gasteiger partial charge in [-0.3, -0.25) is 4.79 Å². The van der Waals surface area contributed by atoms with E-state index in [4.69, 9.17) is 43.7 Å². The van der Waals surface area contributed by atoms with E-state index >= 15 is 0 Å². The van der Waals surface area contributed by atoms with Crippen LogP contribution in [-0.2, 0) is 9.47 Å². The standard InChI is InChI=1S/C76H61N3O11/c1-52(55-7-3-2-4-8-55)79-73(80)64-29-39-71(40-30-64)90-76(83)65-31-37-70(38-32-65)86-45-46-87-72-48-66(74(81)88-43-5-41-84-68-33-25-62(26-34-68)60-21-17-58(18-22-60)56-13-9-53(50-77)10-14-56)47-67(49-72)75(82)89-44-6-42-85-69-35-27-63(28-36-69)61-23-19-59(20-24-61)57-15-11-54(51-78)12-16-57/h2-4,7-40,47-49,52H,5-6,41-46H2,1H3,(H,79,80)/t52-/m0/s1. The molecule has 1 atom stereocenters. The van der Waals surface area contributed by atoms with E-state index < -0.39 is 17.9 Å². The topological polar surface area (TPSA) is 192 Å². The molecule has 0 aliphatic heterocycles. The van der Waals surface area contributed by atoms with Gasteiger partial charge in [0.05, 0.1) is 72.4 Å². The summed E-state index contributed by atoms with van der Waals surface area (Å²) in [5, 5.41) is 21.2. The Bertz CT molecular complexity index is 3940. The Morgan fingerprint density at radius 2 is 0.700 bits per heavy atom. The molecule has 0 aliphatic carbocycles. The molecule has 10 rings (SSSR count). The Balaban J connectivity index is 0.698. The smallest absolute Gasteiger partial charge is 0.343 e. The number of nitriles is 2. The van der Waals surface area contributed by atoms with E-state index in [0.717, 1.165) is 50.1 Å². The summed E-state index contributed by atoms with van der Waals surface area (Å²) in [5.74, 6) is 0.0474. The van der Waals surface area contributed by atoms with E-state index in [1.54, 1.807) is 72.8 Å². The zero-order chi connectivity index (χ0) is 62.4. The van der Waals surface area contributed by atoms with Crippen molar-refractivity contribution in [1.82, 2.24) is 5.32 Å². The number of hydrogen-bond acceptors (Lipinski definition) is 13.